The van der Waals surface area contributed by atoms with Gasteiger partial charge in [0.1, 0.15) is 18.4 Å². The summed E-state index contributed by atoms with van der Waals surface area (Å²) in [6, 6.07) is 18.0. The van der Waals surface area contributed by atoms with E-state index in [0.717, 1.165) is 22.2 Å². The van der Waals surface area contributed by atoms with Crippen LogP contribution in [0.4, 0.5) is 10.1 Å². The highest BCUT2D eigenvalue weighted by molar-refractivity contribution is 7.92. The molecule has 0 radical (unpaired) electrons. The fourth-order valence-corrected chi connectivity index (χ4v) is 5.16. The fourth-order valence-electron chi connectivity index (χ4n) is 4.00. The minimum atomic E-state index is -3.99. The number of rotatable bonds is 12. The van der Waals surface area contributed by atoms with Crippen molar-refractivity contribution in [2.75, 3.05) is 23.7 Å². The second-order valence-electron chi connectivity index (χ2n) is 9.02. The average molecular weight is 595 g/mol. The molecule has 0 bridgehead atoms. The van der Waals surface area contributed by atoms with Gasteiger partial charge in [0.05, 0.1) is 22.0 Å². The number of anilines is 1. The molecular weight excluding hydrogens is 564 g/mol. The third kappa shape index (κ3) is 8.68. The van der Waals surface area contributed by atoms with Crippen molar-refractivity contribution in [2.24, 2.45) is 0 Å². The van der Waals surface area contributed by atoms with Crippen LogP contribution >= 0.6 is 23.2 Å². The zero-order valence-electron chi connectivity index (χ0n) is 21.6. The first-order chi connectivity index (χ1) is 18.5. The van der Waals surface area contributed by atoms with Crippen molar-refractivity contribution in [3.63, 3.8) is 0 Å². The number of hydrogen-bond acceptors (Lipinski definition) is 4. The van der Waals surface area contributed by atoms with Crippen molar-refractivity contribution in [1.82, 2.24) is 10.2 Å². The second-order valence-corrected chi connectivity index (χ2v) is 11.7. The Balaban J connectivity index is 2.06. The van der Waals surface area contributed by atoms with E-state index in [1.165, 1.54) is 23.1 Å². The number of sulfonamides is 1. The van der Waals surface area contributed by atoms with Crippen LogP contribution in [-0.4, -0.2) is 50.5 Å². The maximum Gasteiger partial charge on any atom is 0.244 e. The summed E-state index contributed by atoms with van der Waals surface area (Å²) in [4.78, 5) is 28.7. The Morgan fingerprint density at radius 2 is 1.67 bits per heavy atom. The number of carbonyl (C=O) groups is 2. The summed E-state index contributed by atoms with van der Waals surface area (Å²) in [5, 5.41) is 3.46. The van der Waals surface area contributed by atoms with Crippen LogP contribution in [0.1, 0.15) is 24.5 Å². The molecule has 3 rings (SSSR count). The Kier molecular flexibility index (Phi) is 10.7. The molecular formula is C28H30Cl2FN3O4S. The van der Waals surface area contributed by atoms with E-state index in [9.17, 15) is 22.4 Å². The van der Waals surface area contributed by atoms with Gasteiger partial charge in [0.2, 0.25) is 21.8 Å². The number of carbonyl (C=O) groups excluding carboxylic acids is 2. The van der Waals surface area contributed by atoms with Crippen LogP contribution in [0.3, 0.4) is 0 Å². The van der Waals surface area contributed by atoms with Gasteiger partial charge in [-0.3, -0.25) is 13.9 Å². The Labute approximate surface area is 238 Å². The molecule has 3 aromatic rings. The molecule has 0 unspecified atom stereocenters. The van der Waals surface area contributed by atoms with Crippen LogP contribution in [0, 0.1) is 5.82 Å². The van der Waals surface area contributed by atoms with E-state index in [1.54, 1.807) is 18.2 Å². The van der Waals surface area contributed by atoms with E-state index in [4.69, 9.17) is 23.2 Å². The standard InChI is InChI=1S/C28H30Cl2FN3O4S/c1-3-14-32-28(36)26(16-20-8-5-4-6-9-20)33(18-21-12-13-24(29)25(30)15-21)27(35)19-34(39(2,37)38)23-11-7-10-22(31)17-23/h4-13,15,17,26H,3,14,16,18-19H2,1-2H3,(H,32,36)/t26-/m1/s1. The van der Waals surface area contributed by atoms with E-state index >= 15 is 0 Å². The van der Waals surface area contributed by atoms with Gasteiger partial charge >= 0.3 is 0 Å². The summed E-state index contributed by atoms with van der Waals surface area (Å²) in [7, 11) is -3.99. The van der Waals surface area contributed by atoms with Gasteiger partial charge in [-0.05, 0) is 47.9 Å². The van der Waals surface area contributed by atoms with Crippen molar-refractivity contribution < 1.29 is 22.4 Å². The highest BCUT2D eigenvalue weighted by Crippen LogP contribution is 2.25. The van der Waals surface area contributed by atoms with Crippen molar-refractivity contribution in [3.8, 4) is 0 Å². The molecule has 0 aromatic heterocycles. The van der Waals surface area contributed by atoms with Gasteiger partial charge in [0, 0.05) is 19.5 Å². The fraction of sp³-hybridized carbons (Fsp3) is 0.286. The maximum absolute atomic E-state index is 14.0. The number of nitrogens with zero attached hydrogens (tertiary/aromatic N) is 2. The first-order valence-electron chi connectivity index (χ1n) is 12.3. The van der Waals surface area contributed by atoms with E-state index in [-0.39, 0.29) is 29.6 Å². The quantitative estimate of drug-likeness (QED) is 0.318. The predicted molar refractivity (Wildman–Crippen MR) is 153 cm³/mol. The van der Waals surface area contributed by atoms with Gasteiger partial charge < -0.3 is 10.2 Å². The number of amides is 2. The van der Waals surface area contributed by atoms with Gasteiger partial charge in [0.15, 0.2) is 0 Å². The predicted octanol–water partition coefficient (Wildman–Crippen LogP) is 5.06. The number of halogens is 3. The number of hydrogen-bond donors (Lipinski definition) is 1. The normalized spacial score (nSPS) is 12.0. The summed E-state index contributed by atoms with van der Waals surface area (Å²) in [5.74, 6) is -1.68. The van der Waals surface area contributed by atoms with E-state index in [2.05, 4.69) is 5.32 Å². The zero-order valence-corrected chi connectivity index (χ0v) is 23.9. The van der Waals surface area contributed by atoms with E-state index in [1.807, 2.05) is 37.3 Å². The van der Waals surface area contributed by atoms with Crippen molar-refractivity contribution in [3.05, 3.63) is 99.8 Å². The van der Waals surface area contributed by atoms with Gasteiger partial charge in [-0.15, -0.1) is 0 Å². The molecule has 7 nitrogen and oxygen atoms in total. The van der Waals surface area contributed by atoms with Crippen LogP contribution in [0.2, 0.25) is 10.0 Å². The molecule has 0 heterocycles. The Bertz CT molecular complexity index is 1410. The van der Waals surface area contributed by atoms with Gasteiger partial charge in [0.25, 0.3) is 0 Å². The molecule has 0 aliphatic heterocycles. The van der Waals surface area contributed by atoms with Crippen LogP contribution in [-0.2, 0) is 32.6 Å². The van der Waals surface area contributed by atoms with Crippen molar-refractivity contribution in [1.29, 1.82) is 0 Å². The average Bonchev–Trinajstić information content (AvgIpc) is 2.89. The first-order valence-corrected chi connectivity index (χ1v) is 14.9. The molecule has 0 spiro atoms. The molecule has 11 heteroatoms. The van der Waals surface area contributed by atoms with Gasteiger partial charge in [-0.1, -0.05) is 72.6 Å². The smallest absolute Gasteiger partial charge is 0.244 e. The van der Waals surface area contributed by atoms with Crippen molar-refractivity contribution >= 4 is 50.7 Å². The minimum absolute atomic E-state index is 0.00428. The largest absolute Gasteiger partial charge is 0.354 e. The maximum atomic E-state index is 14.0. The monoisotopic (exact) mass is 593 g/mol. The molecule has 1 N–H and O–H groups in total. The first kappa shape index (κ1) is 30.4. The molecule has 208 valence electrons. The molecule has 2 amide bonds. The lowest BCUT2D eigenvalue weighted by molar-refractivity contribution is -0.140. The lowest BCUT2D eigenvalue weighted by atomic mass is 10.0. The molecule has 0 saturated carbocycles. The molecule has 0 aliphatic carbocycles. The third-order valence-electron chi connectivity index (χ3n) is 5.93. The lowest BCUT2D eigenvalue weighted by Gasteiger charge is -2.33. The summed E-state index contributed by atoms with van der Waals surface area (Å²) >= 11 is 12.3. The highest BCUT2D eigenvalue weighted by atomic mass is 35.5. The summed E-state index contributed by atoms with van der Waals surface area (Å²) < 4.78 is 40.2. The van der Waals surface area contributed by atoms with Crippen LogP contribution in [0.15, 0.2) is 72.8 Å². The lowest BCUT2D eigenvalue weighted by Crippen LogP contribution is -2.53. The van der Waals surface area contributed by atoms with Crippen LogP contribution in [0.25, 0.3) is 0 Å². The Hall–Kier alpha value is -3.14. The summed E-state index contributed by atoms with van der Waals surface area (Å²) in [6.45, 7) is 1.62. The number of nitrogens with one attached hydrogen (secondary N) is 1. The van der Waals surface area contributed by atoms with E-state index in [0.29, 0.717) is 23.6 Å². The minimum Gasteiger partial charge on any atom is -0.354 e. The molecule has 39 heavy (non-hydrogen) atoms. The molecule has 0 fully saturated rings. The Morgan fingerprint density at radius 1 is 0.949 bits per heavy atom. The summed E-state index contributed by atoms with van der Waals surface area (Å²) in [6.07, 6.45) is 1.80. The van der Waals surface area contributed by atoms with Crippen LogP contribution < -0.4 is 9.62 Å². The molecule has 3 aromatic carbocycles. The molecule has 0 saturated heterocycles. The highest BCUT2D eigenvalue weighted by Gasteiger charge is 2.33. The third-order valence-corrected chi connectivity index (χ3v) is 7.81. The topological polar surface area (TPSA) is 86.8 Å². The van der Waals surface area contributed by atoms with Crippen LogP contribution in [0.5, 0.6) is 0 Å². The second kappa shape index (κ2) is 13.8. The Morgan fingerprint density at radius 3 is 2.28 bits per heavy atom. The zero-order chi connectivity index (χ0) is 28.6. The SMILES string of the molecule is CCCNC(=O)[C@@H](Cc1ccccc1)N(Cc1ccc(Cl)c(Cl)c1)C(=O)CN(c1cccc(F)c1)S(C)(=O)=O. The van der Waals surface area contributed by atoms with Gasteiger partial charge in [-0.2, -0.15) is 0 Å². The summed E-state index contributed by atoms with van der Waals surface area (Å²) in [5.41, 5.74) is 1.40. The van der Waals surface area contributed by atoms with Gasteiger partial charge in [-0.25, -0.2) is 12.8 Å². The molecule has 0 aliphatic rings. The van der Waals surface area contributed by atoms with Crippen molar-refractivity contribution in [2.45, 2.75) is 32.4 Å². The van der Waals surface area contributed by atoms with E-state index < -0.39 is 34.3 Å². The number of benzene rings is 3. The molecule has 1 atom stereocenters.